The quantitative estimate of drug-likeness (QED) is 0.614. The highest BCUT2D eigenvalue weighted by Crippen LogP contribution is 2.28. The van der Waals surface area contributed by atoms with Crippen LogP contribution in [-0.4, -0.2) is 29.3 Å². The zero-order valence-corrected chi connectivity index (χ0v) is 8.46. The third kappa shape index (κ3) is 3.14. The Bertz CT molecular complexity index is 413. The van der Waals surface area contributed by atoms with Gasteiger partial charge in [-0.2, -0.15) is 18.3 Å². The normalized spacial score (nSPS) is 11.9. The van der Waals surface area contributed by atoms with Crippen molar-refractivity contribution in [2.24, 2.45) is 0 Å². The first-order valence-electron chi connectivity index (χ1n) is 4.27. The first-order valence-corrected chi connectivity index (χ1v) is 4.27. The summed E-state index contributed by atoms with van der Waals surface area (Å²) in [5.74, 6) is -1.16. The van der Waals surface area contributed by atoms with Gasteiger partial charge in [-0.1, -0.05) is 0 Å². The standard InChI is InChI=1S/C8H7F5N2O2/c1-17-7(16)4-2-5(8(11,12)13)14-15(4)3-6(9)10/h2,6H,3H2,1H3. The van der Waals surface area contributed by atoms with Crippen molar-refractivity contribution in [1.29, 1.82) is 0 Å². The molecule has 0 atom stereocenters. The minimum Gasteiger partial charge on any atom is -0.464 e. The molecule has 0 fully saturated rings. The molecule has 96 valence electrons. The number of methoxy groups -OCH3 is 1. The van der Waals surface area contributed by atoms with Crippen molar-refractivity contribution >= 4 is 5.97 Å². The number of hydrogen-bond donors (Lipinski definition) is 0. The van der Waals surface area contributed by atoms with Gasteiger partial charge in [-0.05, 0) is 0 Å². The maximum absolute atomic E-state index is 12.3. The van der Waals surface area contributed by atoms with Crippen LogP contribution in [0, 0.1) is 0 Å². The Balaban J connectivity index is 3.16. The second-order valence-corrected chi connectivity index (χ2v) is 2.98. The van der Waals surface area contributed by atoms with Gasteiger partial charge in [-0.15, -0.1) is 0 Å². The van der Waals surface area contributed by atoms with E-state index in [2.05, 4.69) is 9.84 Å². The van der Waals surface area contributed by atoms with E-state index in [1.807, 2.05) is 0 Å². The molecule has 0 aromatic carbocycles. The second kappa shape index (κ2) is 4.68. The van der Waals surface area contributed by atoms with E-state index in [0.29, 0.717) is 6.07 Å². The minimum atomic E-state index is -4.81. The van der Waals surface area contributed by atoms with Gasteiger partial charge in [0.05, 0.1) is 7.11 Å². The van der Waals surface area contributed by atoms with E-state index >= 15 is 0 Å². The molecule has 1 rings (SSSR count). The Kier molecular flexibility index (Phi) is 3.69. The van der Waals surface area contributed by atoms with Crippen molar-refractivity contribution in [2.45, 2.75) is 19.1 Å². The number of ether oxygens (including phenoxy) is 1. The topological polar surface area (TPSA) is 44.1 Å². The largest absolute Gasteiger partial charge is 0.464 e. The Hall–Kier alpha value is -1.67. The number of rotatable bonds is 3. The van der Waals surface area contributed by atoms with Gasteiger partial charge in [-0.25, -0.2) is 13.6 Å². The predicted octanol–water partition coefficient (Wildman–Crippen LogP) is 1.95. The Morgan fingerprint density at radius 3 is 2.53 bits per heavy atom. The van der Waals surface area contributed by atoms with Crippen LogP contribution in [0.25, 0.3) is 0 Å². The molecular formula is C8H7F5N2O2. The van der Waals surface area contributed by atoms with Gasteiger partial charge in [-0.3, -0.25) is 4.68 Å². The van der Waals surface area contributed by atoms with Crippen LogP contribution in [0.2, 0.25) is 0 Å². The van der Waals surface area contributed by atoms with E-state index in [0.717, 1.165) is 7.11 Å². The molecule has 0 bridgehead atoms. The Morgan fingerprint density at radius 1 is 1.53 bits per heavy atom. The van der Waals surface area contributed by atoms with Crippen LogP contribution >= 0.6 is 0 Å². The lowest BCUT2D eigenvalue weighted by atomic mass is 10.3. The fraction of sp³-hybridized carbons (Fsp3) is 0.500. The van der Waals surface area contributed by atoms with E-state index in [1.165, 1.54) is 0 Å². The molecule has 1 aromatic rings. The summed E-state index contributed by atoms with van der Waals surface area (Å²) in [4.78, 5) is 11.1. The lowest BCUT2D eigenvalue weighted by Gasteiger charge is -2.04. The smallest absolute Gasteiger partial charge is 0.435 e. The van der Waals surface area contributed by atoms with Gasteiger partial charge in [0.1, 0.15) is 12.2 Å². The average Bonchev–Trinajstić information content (AvgIpc) is 2.59. The fourth-order valence-corrected chi connectivity index (χ4v) is 1.09. The molecule has 1 aromatic heterocycles. The molecule has 0 unspecified atom stereocenters. The second-order valence-electron chi connectivity index (χ2n) is 2.98. The zero-order chi connectivity index (χ0) is 13.2. The molecule has 0 spiro atoms. The van der Waals surface area contributed by atoms with E-state index < -0.39 is 36.5 Å². The van der Waals surface area contributed by atoms with Gasteiger partial charge >= 0.3 is 12.1 Å². The van der Waals surface area contributed by atoms with Gasteiger partial charge in [0, 0.05) is 6.07 Å². The molecule has 4 nitrogen and oxygen atoms in total. The van der Waals surface area contributed by atoms with Gasteiger partial charge < -0.3 is 4.74 Å². The van der Waals surface area contributed by atoms with Crippen molar-refractivity contribution in [2.75, 3.05) is 7.11 Å². The molecule has 0 saturated carbocycles. The number of alkyl halides is 5. The van der Waals surface area contributed by atoms with Crippen LogP contribution < -0.4 is 0 Å². The SMILES string of the molecule is COC(=O)c1cc(C(F)(F)F)nn1CC(F)F. The number of carbonyl (C=O) groups excluding carboxylic acids is 1. The molecule has 0 aliphatic heterocycles. The van der Waals surface area contributed by atoms with Crippen molar-refractivity contribution < 1.29 is 31.5 Å². The van der Waals surface area contributed by atoms with Crippen molar-refractivity contribution in [3.63, 3.8) is 0 Å². The zero-order valence-electron chi connectivity index (χ0n) is 8.46. The third-order valence-electron chi connectivity index (χ3n) is 1.78. The molecule has 0 aliphatic carbocycles. The van der Waals surface area contributed by atoms with E-state index in [1.54, 1.807) is 0 Å². The van der Waals surface area contributed by atoms with Crippen molar-refractivity contribution in [3.8, 4) is 0 Å². The summed E-state index contributed by atoms with van der Waals surface area (Å²) >= 11 is 0. The summed E-state index contributed by atoms with van der Waals surface area (Å²) in [6, 6.07) is 0.369. The Labute approximate surface area is 92.0 Å². The van der Waals surface area contributed by atoms with Crippen LogP contribution in [0.1, 0.15) is 16.2 Å². The summed E-state index contributed by atoms with van der Waals surface area (Å²) in [7, 11) is 0.926. The molecule has 1 heterocycles. The summed E-state index contributed by atoms with van der Waals surface area (Å²) in [5, 5.41) is 2.90. The lowest BCUT2D eigenvalue weighted by Crippen LogP contribution is -2.16. The third-order valence-corrected chi connectivity index (χ3v) is 1.78. The molecule has 0 amide bonds. The maximum Gasteiger partial charge on any atom is 0.435 e. The van der Waals surface area contributed by atoms with Gasteiger partial charge in [0.25, 0.3) is 6.43 Å². The number of esters is 1. The van der Waals surface area contributed by atoms with Crippen LogP contribution in [0.4, 0.5) is 22.0 Å². The average molecular weight is 258 g/mol. The number of aromatic nitrogens is 2. The van der Waals surface area contributed by atoms with E-state index in [-0.39, 0.29) is 4.68 Å². The minimum absolute atomic E-state index is 0.277. The molecule has 0 aliphatic rings. The van der Waals surface area contributed by atoms with Crippen LogP contribution in [0.3, 0.4) is 0 Å². The fourth-order valence-electron chi connectivity index (χ4n) is 1.09. The summed E-state index contributed by atoms with van der Waals surface area (Å²) in [5.41, 5.74) is -2.08. The van der Waals surface area contributed by atoms with Crippen LogP contribution in [0.5, 0.6) is 0 Å². The number of hydrogen-bond acceptors (Lipinski definition) is 3. The first-order chi connectivity index (χ1) is 7.75. The van der Waals surface area contributed by atoms with Crippen LogP contribution in [0.15, 0.2) is 6.07 Å². The number of halogens is 5. The van der Waals surface area contributed by atoms with Crippen molar-refractivity contribution in [3.05, 3.63) is 17.5 Å². The monoisotopic (exact) mass is 258 g/mol. The summed E-state index contributed by atoms with van der Waals surface area (Å²) in [6.45, 7) is -1.11. The van der Waals surface area contributed by atoms with Gasteiger partial charge in [0.15, 0.2) is 5.69 Å². The first kappa shape index (κ1) is 13.4. The predicted molar refractivity (Wildman–Crippen MR) is 44.6 cm³/mol. The highest BCUT2D eigenvalue weighted by molar-refractivity contribution is 5.87. The highest BCUT2D eigenvalue weighted by atomic mass is 19.4. The number of carbonyl (C=O) groups is 1. The summed E-state index contributed by atoms with van der Waals surface area (Å²) in [6.07, 6.45) is -7.74. The highest BCUT2D eigenvalue weighted by Gasteiger charge is 2.36. The maximum atomic E-state index is 12.3. The summed E-state index contributed by atoms with van der Waals surface area (Å²) < 4.78 is 65.4. The molecule has 0 N–H and O–H groups in total. The molecule has 17 heavy (non-hydrogen) atoms. The van der Waals surface area contributed by atoms with E-state index in [9.17, 15) is 26.7 Å². The molecular weight excluding hydrogens is 251 g/mol. The van der Waals surface area contributed by atoms with Crippen LogP contribution in [-0.2, 0) is 17.5 Å². The molecule has 9 heteroatoms. The molecule has 0 radical (unpaired) electrons. The van der Waals surface area contributed by atoms with E-state index in [4.69, 9.17) is 0 Å². The van der Waals surface area contributed by atoms with Crippen molar-refractivity contribution in [1.82, 2.24) is 9.78 Å². The molecule has 0 saturated heterocycles. The van der Waals surface area contributed by atoms with Gasteiger partial charge in [0.2, 0.25) is 0 Å². The number of nitrogens with zero attached hydrogens (tertiary/aromatic N) is 2. The Morgan fingerprint density at radius 2 is 2.12 bits per heavy atom. The lowest BCUT2D eigenvalue weighted by molar-refractivity contribution is -0.141.